The number of hydrogen-bond acceptors (Lipinski definition) is 3. The van der Waals surface area contributed by atoms with E-state index in [0.717, 1.165) is 21.8 Å². The molecular formula is C18H20ClNO2S. The first-order valence-electron chi connectivity index (χ1n) is 7.33. The Hall–Kier alpha value is -1.65. The number of aryl methyl sites for hydroxylation is 1. The van der Waals surface area contributed by atoms with Crippen molar-refractivity contribution in [1.82, 2.24) is 5.32 Å². The van der Waals surface area contributed by atoms with Gasteiger partial charge in [-0.05, 0) is 55.3 Å². The predicted octanol–water partition coefficient (Wildman–Crippen LogP) is 4.45. The van der Waals surface area contributed by atoms with E-state index in [9.17, 15) is 4.79 Å². The quantitative estimate of drug-likeness (QED) is 0.783. The summed E-state index contributed by atoms with van der Waals surface area (Å²) in [4.78, 5) is 13.2. The summed E-state index contributed by atoms with van der Waals surface area (Å²) in [5, 5.41) is 3.48. The van der Waals surface area contributed by atoms with Crippen molar-refractivity contribution in [3.63, 3.8) is 0 Å². The van der Waals surface area contributed by atoms with E-state index in [0.29, 0.717) is 11.6 Å². The molecule has 2 aromatic carbocycles. The summed E-state index contributed by atoms with van der Waals surface area (Å²) in [6, 6.07) is 13.4. The Morgan fingerprint density at radius 2 is 1.96 bits per heavy atom. The SMILES string of the molecule is COc1cc(CNC(=O)C(C)Sc2ccc(Cl)cc2)ccc1C. The fourth-order valence-corrected chi connectivity index (χ4v) is 3.10. The van der Waals surface area contributed by atoms with E-state index in [4.69, 9.17) is 16.3 Å². The summed E-state index contributed by atoms with van der Waals surface area (Å²) in [5.74, 6) is 0.838. The lowest BCUT2D eigenvalue weighted by Crippen LogP contribution is -2.30. The number of benzene rings is 2. The summed E-state index contributed by atoms with van der Waals surface area (Å²) in [7, 11) is 1.65. The van der Waals surface area contributed by atoms with Crippen molar-refractivity contribution < 1.29 is 9.53 Å². The number of nitrogens with one attached hydrogen (secondary N) is 1. The van der Waals surface area contributed by atoms with Crippen LogP contribution in [0.25, 0.3) is 0 Å². The molecule has 0 aliphatic heterocycles. The van der Waals surface area contributed by atoms with Gasteiger partial charge < -0.3 is 10.1 Å². The van der Waals surface area contributed by atoms with Crippen molar-refractivity contribution in [2.45, 2.75) is 30.5 Å². The molecule has 0 fully saturated rings. The number of carbonyl (C=O) groups is 1. The van der Waals surface area contributed by atoms with Gasteiger partial charge in [-0.2, -0.15) is 0 Å². The van der Waals surface area contributed by atoms with Gasteiger partial charge in [-0.3, -0.25) is 4.79 Å². The molecule has 0 radical (unpaired) electrons. The van der Waals surface area contributed by atoms with Gasteiger partial charge in [0, 0.05) is 16.5 Å². The lowest BCUT2D eigenvalue weighted by molar-refractivity contribution is -0.120. The number of hydrogen-bond donors (Lipinski definition) is 1. The van der Waals surface area contributed by atoms with Gasteiger partial charge in [-0.25, -0.2) is 0 Å². The van der Waals surface area contributed by atoms with Crippen LogP contribution in [0, 0.1) is 6.92 Å². The van der Waals surface area contributed by atoms with Crippen LogP contribution >= 0.6 is 23.4 Å². The zero-order chi connectivity index (χ0) is 16.8. The smallest absolute Gasteiger partial charge is 0.233 e. The third-order valence-corrected chi connectivity index (χ3v) is 4.80. The largest absolute Gasteiger partial charge is 0.496 e. The highest BCUT2D eigenvalue weighted by atomic mass is 35.5. The van der Waals surface area contributed by atoms with E-state index in [1.807, 2.05) is 56.3 Å². The predicted molar refractivity (Wildman–Crippen MR) is 96.3 cm³/mol. The zero-order valence-corrected chi connectivity index (χ0v) is 15.0. The summed E-state index contributed by atoms with van der Waals surface area (Å²) in [6.07, 6.45) is 0. The average Bonchev–Trinajstić information content (AvgIpc) is 2.55. The van der Waals surface area contributed by atoms with Gasteiger partial charge in [0.15, 0.2) is 0 Å². The standard InChI is InChI=1S/C18H20ClNO2S/c1-12-4-5-14(10-17(12)22-3)11-20-18(21)13(2)23-16-8-6-15(19)7-9-16/h4-10,13H,11H2,1-3H3,(H,20,21). The first kappa shape index (κ1) is 17.7. The second kappa shape index (κ2) is 8.27. The minimum Gasteiger partial charge on any atom is -0.496 e. The van der Waals surface area contributed by atoms with E-state index >= 15 is 0 Å². The first-order chi connectivity index (χ1) is 11.0. The van der Waals surface area contributed by atoms with Crippen molar-refractivity contribution in [2.24, 2.45) is 0 Å². The molecule has 2 rings (SSSR count). The topological polar surface area (TPSA) is 38.3 Å². The molecule has 1 atom stereocenters. The highest BCUT2D eigenvalue weighted by Crippen LogP contribution is 2.25. The van der Waals surface area contributed by atoms with Gasteiger partial charge in [0.1, 0.15) is 5.75 Å². The Balaban J connectivity index is 1.89. The van der Waals surface area contributed by atoms with Crippen molar-refractivity contribution in [1.29, 1.82) is 0 Å². The number of halogens is 1. The van der Waals surface area contributed by atoms with E-state index < -0.39 is 0 Å². The van der Waals surface area contributed by atoms with Crippen LogP contribution in [0.1, 0.15) is 18.1 Å². The molecule has 0 saturated heterocycles. The van der Waals surface area contributed by atoms with Crippen LogP contribution in [0.2, 0.25) is 5.02 Å². The highest BCUT2D eigenvalue weighted by molar-refractivity contribution is 8.00. The number of carbonyl (C=O) groups excluding carboxylic acids is 1. The molecule has 5 heteroatoms. The number of methoxy groups -OCH3 is 1. The van der Waals surface area contributed by atoms with Gasteiger partial charge in [-0.15, -0.1) is 11.8 Å². The number of amides is 1. The molecule has 1 unspecified atom stereocenters. The summed E-state index contributed by atoms with van der Waals surface area (Å²) >= 11 is 7.38. The molecule has 0 aliphatic carbocycles. The Morgan fingerprint density at radius 1 is 1.26 bits per heavy atom. The van der Waals surface area contributed by atoms with Crippen molar-refractivity contribution in [2.75, 3.05) is 7.11 Å². The number of thioether (sulfide) groups is 1. The molecular weight excluding hydrogens is 330 g/mol. The molecule has 0 aromatic heterocycles. The van der Waals surface area contributed by atoms with Gasteiger partial charge in [-0.1, -0.05) is 23.7 Å². The van der Waals surface area contributed by atoms with Crippen LogP contribution in [0.4, 0.5) is 0 Å². The summed E-state index contributed by atoms with van der Waals surface area (Å²) < 4.78 is 5.30. The van der Waals surface area contributed by atoms with Crippen molar-refractivity contribution in [3.8, 4) is 5.75 Å². The van der Waals surface area contributed by atoms with Gasteiger partial charge in [0.25, 0.3) is 0 Å². The summed E-state index contributed by atoms with van der Waals surface area (Å²) in [6.45, 7) is 4.37. The molecule has 1 N–H and O–H groups in total. The number of rotatable bonds is 6. The van der Waals surface area contributed by atoms with Crippen molar-refractivity contribution in [3.05, 3.63) is 58.6 Å². The zero-order valence-electron chi connectivity index (χ0n) is 13.4. The van der Waals surface area contributed by atoms with Crippen LogP contribution in [0.3, 0.4) is 0 Å². The lowest BCUT2D eigenvalue weighted by Gasteiger charge is -2.13. The maximum absolute atomic E-state index is 12.2. The molecule has 122 valence electrons. The molecule has 0 bridgehead atoms. The third-order valence-electron chi connectivity index (χ3n) is 3.43. The fraction of sp³-hybridized carbons (Fsp3) is 0.278. The first-order valence-corrected chi connectivity index (χ1v) is 8.59. The molecule has 0 saturated carbocycles. The molecule has 0 spiro atoms. The molecule has 23 heavy (non-hydrogen) atoms. The highest BCUT2D eigenvalue weighted by Gasteiger charge is 2.14. The van der Waals surface area contributed by atoms with E-state index in [2.05, 4.69) is 5.32 Å². The van der Waals surface area contributed by atoms with Crippen molar-refractivity contribution >= 4 is 29.3 Å². The minimum atomic E-state index is -0.177. The van der Waals surface area contributed by atoms with Gasteiger partial charge in [0.2, 0.25) is 5.91 Å². The van der Waals surface area contributed by atoms with Crippen LogP contribution in [0.15, 0.2) is 47.4 Å². The Morgan fingerprint density at radius 3 is 2.61 bits per heavy atom. The average molecular weight is 350 g/mol. The van der Waals surface area contributed by atoms with Crippen LogP contribution < -0.4 is 10.1 Å². The molecule has 2 aromatic rings. The Kier molecular flexibility index (Phi) is 6.37. The van der Waals surface area contributed by atoms with Crippen LogP contribution in [-0.4, -0.2) is 18.3 Å². The maximum atomic E-state index is 12.2. The van der Waals surface area contributed by atoms with E-state index in [1.165, 1.54) is 11.8 Å². The van der Waals surface area contributed by atoms with Crippen LogP contribution in [0.5, 0.6) is 5.75 Å². The van der Waals surface area contributed by atoms with Crippen LogP contribution in [-0.2, 0) is 11.3 Å². The fourth-order valence-electron chi connectivity index (χ4n) is 2.08. The second-order valence-corrected chi connectivity index (χ2v) is 7.09. The van der Waals surface area contributed by atoms with E-state index in [-0.39, 0.29) is 11.2 Å². The summed E-state index contributed by atoms with van der Waals surface area (Å²) in [5.41, 5.74) is 2.10. The third kappa shape index (κ3) is 5.19. The Bertz CT molecular complexity index is 673. The normalized spacial score (nSPS) is 11.8. The molecule has 1 amide bonds. The molecule has 0 aliphatic rings. The van der Waals surface area contributed by atoms with Gasteiger partial charge >= 0.3 is 0 Å². The second-order valence-electron chi connectivity index (χ2n) is 5.24. The van der Waals surface area contributed by atoms with E-state index in [1.54, 1.807) is 7.11 Å². The minimum absolute atomic E-state index is 0.00416. The monoisotopic (exact) mass is 349 g/mol. The Labute approximate surface area is 146 Å². The molecule has 3 nitrogen and oxygen atoms in total. The lowest BCUT2D eigenvalue weighted by atomic mass is 10.1. The number of ether oxygens (including phenoxy) is 1. The molecule has 0 heterocycles. The van der Waals surface area contributed by atoms with Gasteiger partial charge in [0.05, 0.1) is 12.4 Å². The maximum Gasteiger partial charge on any atom is 0.233 e.